The van der Waals surface area contributed by atoms with E-state index in [9.17, 15) is 4.79 Å². The van der Waals surface area contributed by atoms with Crippen molar-refractivity contribution in [3.05, 3.63) is 59.1 Å². The highest BCUT2D eigenvalue weighted by Crippen LogP contribution is 2.23. The normalized spacial score (nSPS) is 10.5. The number of nitrogens with zero attached hydrogens (tertiary/aromatic N) is 2. The number of fused-ring (bicyclic) bond motifs is 1. The Morgan fingerprint density at radius 1 is 1.14 bits per heavy atom. The molecule has 0 atom stereocenters. The van der Waals surface area contributed by atoms with E-state index < -0.39 is 0 Å². The smallest absolute Gasteiger partial charge is 0.225 e. The molecule has 1 heterocycles. The predicted octanol–water partition coefficient (Wildman–Crippen LogP) is 2.81. The van der Waals surface area contributed by atoms with E-state index >= 15 is 0 Å². The zero-order valence-corrected chi connectivity index (χ0v) is 11.8. The Balaban J connectivity index is 1.97. The van der Waals surface area contributed by atoms with Gasteiger partial charge in [-0.1, -0.05) is 35.9 Å². The van der Waals surface area contributed by atoms with Gasteiger partial charge in [0.15, 0.2) is 5.82 Å². The molecule has 3 rings (SSSR count). The lowest BCUT2D eigenvalue weighted by molar-refractivity contribution is -0.109. The Kier molecular flexibility index (Phi) is 3.75. The second-order valence-corrected chi connectivity index (χ2v) is 4.97. The minimum Gasteiger partial charge on any atom is -0.280 e. The number of anilines is 1. The van der Waals surface area contributed by atoms with Crippen LogP contribution in [0.2, 0.25) is 5.02 Å². The van der Waals surface area contributed by atoms with Gasteiger partial charge in [-0.2, -0.15) is 5.10 Å². The average molecular weight is 301 g/mol. The van der Waals surface area contributed by atoms with E-state index in [4.69, 9.17) is 11.6 Å². The van der Waals surface area contributed by atoms with Crippen molar-refractivity contribution >= 4 is 34.7 Å². The lowest BCUT2D eigenvalue weighted by atomic mass is 10.2. The van der Waals surface area contributed by atoms with Crippen molar-refractivity contribution < 1.29 is 4.79 Å². The highest BCUT2D eigenvalue weighted by atomic mass is 35.5. The van der Waals surface area contributed by atoms with E-state index in [-0.39, 0.29) is 0 Å². The van der Waals surface area contributed by atoms with Crippen LogP contribution in [0, 0.1) is 0 Å². The fourth-order valence-electron chi connectivity index (χ4n) is 2.20. The maximum atomic E-state index is 10.4. The van der Waals surface area contributed by atoms with Crippen LogP contribution in [0.3, 0.4) is 0 Å². The fourth-order valence-corrected chi connectivity index (χ4v) is 2.33. The number of carbonyl (C=O) groups excluding carboxylic acids is 1. The molecule has 0 spiro atoms. The van der Waals surface area contributed by atoms with Crippen molar-refractivity contribution in [3.8, 4) is 0 Å². The number of hydrogen-bond acceptors (Lipinski definition) is 3. The van der Waals surface area contributed by atoms with E-state index in [0.29, 0.717) is 23.8 Å². The summed E-state index contributed by atoms with van der Waals surface area (Å²) in [7, 11) is 0. The molecule has 1 amide bonds. The summed E-state index contributed by atoms with van der Waals surface area (Å²) in [5, 5.41) is 6.15. The summed E-state index contributed by atoms with van der Waals surface area (Å²) in [5.41, 5.74) is 7.29. The second kappa shape index (κ2) is 5.85. The molecule has 0 unspecified atom stereocenters. The molecule has 2 N–H and O–H groups in total. The number of amides is 1. The van der Waals surface area contributed by atoms with Gasteiger partial charge in [0.1, 0.15) is 0 Å². The number of hydrazine groups is 1. The van der Waals surface area contributed by atoms with Crippen molar-refractivity contribution in [2.45, 2.75) is 6.54 Å². The molecule has 0 saturated carbocycles. The van der Waals surface area contributed by atoms with Crippen LogP contribution in [-0.2, 0) is 11.3 Å². The molecule has 5 nitrogen and oxygen atoms in total. The third kappa shape index (κ3) is 2.83. The van der Waals surface area contributed by atoms with Crippen LogP contribution in [0.5, 0.6) is 0 Å². The van der Waals surface area contributed by atoms with E-state index in [2.05, 4.69) is 16.0 Å². The first-order valence-electron chi connectivity index (χ1n) is 6.43. The van der Waals surface area contributed by atoms with Crippen molar-refractivity contribution in [1.82, 2.24) is 15.2 Å². The minimum atomic E-state index is 0.576. The van der Waals surface area contributed by atoms with Gasteiger partial charge in [0, 0.05) is 10.4 Å². The van der Waals surface area contributed by atoms with Gasteiger partial charge in [-0.05, 0) is 29.8 Å². The molecule has 0 aliphatic rings. The number of para-hydroxylation sites is 1. The zero-order valence-electron chi connectivity index (χ0n) is 11.1. The second-order valence-electron chi connectivity index (χ2n) is 4.54. The van der Waals surface area contributed by atoms with Gasteiger partial charge in [-0.15, -0.1) is 0 Å². The first kappa shape index (κ1) is 13.5. The molecule has 2 aromatic carbocycles. The maximum absolute atomic E-state index is 10.4. The number of carbonyl (C=O) groups is 1. The maximum Gasteiger partial charge on any atom is 0.225 e. The summed E-state index contributed by atoms with van der Waals surface area (Å²) >= 11 is 5.90. The van der Waals surface area contributed by atoms with Gasteiger partial charge in [0.25, 0.3) is 0 Å². The van der Waals surface area contributed by atoms with Gasteiger partial charge >= 0.3 is 0 Å². The molecule has 0 bridgehead atoms. The zero-order chi connectivity index (χ0) is 14.7. The number of hydrogen-bond donors (Lipinski definition) is 2. The molecule has 21 heavy (non-hydrogen) atoms. The van der Waals surface area contributed by atoms with Crippen LogP contribution in [0.25, 0.3) is 10.9 Å². The van der Waals surface area contributed by atoms with Gasteiger partial charge in [-0.3, -0.25) is 20.3 Å². The van der Waals surface area contributed by atoms with Crippen LogP contribution in [-0.4, -0.2) is 16.2 Å². The molecule has 106 valence electrons. The van der Waals surface area contributed by atoms with Crippen LogP contribution >= 0.6 is 11.6 Å². The topological polar surface area (TPSA) is 59.0 Å². The minimum absolute atomic E-state index is 0.576. The number of halogens is 1. The van der Waals surface area contributed by atoms with Crippen LogP contribution in [0.1, 0.15) is 5.56 Å². The summed E-state index contributed by atoms with van der Waals surface area (Å²) in [6.45, 7) is 0.625. The highest BCUT2D eigenvalue weighted by molar-refractivity contribution is 6.30. The number of nitrogens with one attached hydrogen (secondary N) is 2. The van der Waals surface area contributed by atoms with Gasteiger partial charge in [0.05, 0.1) is 12.1 Å². The van der Waals surface area contributed by atoms with Crippen molar-refractivity contribution in [2.75, 3.05) is 5.43 Å². The Labute approximate surface area is 126 Å². The Bertz CT molecular complexity index is 767. The molecular formula is C15H13ClN4O. The summed E-state index contributed by atoms with van der Waals surface area (Å²) < 4.78 is 1.88. The molecule has 0 saturated heterocycles. The van der Waals surface area contributed by atoms with Gasteiger partial charge in [-0.25, -0.2) is 0 Å². The largest absolute Gasteiger partial charge is 0.280 e. The molecule has 0 radical (unpaired) electrons. The molecule has 6 heteroatoms. The number of rotatable bonds is 5. The quantitative estimate of drug-likeness (QED) is 0.563. The SMILES string of the molecule is O=CNNc1nn(Cc2ccc(Cl)cc2)c2ccccc12. The third-order valence-electron chi connectivity index (χ3n) is 3.15. The van der Waals surface area contributed by atoms with Gasteiger partial charge in [0.2, 0.25) is 6.41 Å². The fraction of sp³-hybridized carbons (Fsp3) is 0.0667. The number of benzene rings is 2. The summed E-state index contributed by atoms with van der Waals surface area (Å²) in [4.78, 5) is 10.4. The first-order chi connectivity index (χ1) is 10.3. The lowest BCUT2D eigenvalue weighted by Gasteiger charge is -2.04. The highest BCUT2D eigenvalue weighted by Gasteiger charge is 2.09. The Hall–Kier alpha value is -2.53. The Morgan fingerprint density at radius 2 is 1.90 bits per heavy atom. The Morgan fingerprint density at radius 3 is 2.67 bits per heavy atom. The predicted molar refractivity (Wildman–Crippen MR) is 83.1 cm³/mol. The van der Waals surface area contributed by atoms with Gasteiger partial charge < -0.3 is 0 Å². The first-order valence-corrected chi connectivity index (χ1v) is 6.81. The van der Waals surface area contributed by atoms with E-state index in [1.807, 2.05) is 53.2 Å². The molecule has 1 aromatic heterocycles. The lowest BCUT2D eigenvalue weighted by Crippen LogP contribution is -2.19. The van der Waals surface area contributed by atoms with Crippen molar-refractivity contribution in [1.29, 1.82) is 0 Å². The monoisotopic (exact) mass is 300 g/mol. The van der Waals surface area contributed by atoms with Crippen LogP contribution in [0.4, 0.5) is 5.82 Å². The third-order valence-corrected chi connectivity index (χ3v) is 3.41. The number of aromatic nitrogens is 2. The van der Waals surface area contributed by atoms with Crippen molar-refractivity contribution in [2.24, 2.45) is 0 Å². The summed E-state index contributed by atoms with van der Waals surface area (Å²) in [5.74, 6) is 0.617. The van der Waals surface area contributed by atoms with E-state index in [1.54, 1.807) is 0 Å². The van der Waals surface area contributed by atoms with Crippen LogP contribution < -0.4 is 10.9 Å². The molecule has 0 aliphatic carbocycles. The molecular weight excluding hydrogens is 288 g/mol. The average Bonchev–Trinajstić information content (AvgIpc) is 2.86. The summed E-state index contributed by atoms with van der Waals surface area (Å²) in [6, 6.07) is 15.5. The molecule has 0 fully saturated rings. The van der Waals surface area contributed by atoms with Crippen LogP contribution in [0.15, 0.2) is 48.5 Å². The summed E-state index contributed by atoms with van der Waals surface area (Å²) in [6.07, 6.45) is 0.576. The standard InChI is InChI=1S/C15H13ClN4O/c16-12-7-5-11(6-8-12)9-20-14-4-2-1-3-13(14)15(19-20)18-17-10-21/h1-8,10H,9H2,(H,17,21)(H,18,19). The van der Waals surface area contributed by atoms with E-state index in [1.165, 1.54) is 0 Å². The van der Waals surface area contributed by atoms with Crippen molar-refractivity contribution in [3.63, 3.8) is 0 Å². The molecule has 3 aromatic rings. The molecule has 0 aliphatic heterocycles. The van der Waals surface area contributed by atoms with E-state index in [0.717, 1.165) is 16.5 Å².